The van der Waals surface area contributed by atoms with Gasteiger partial charge in [0.1, 0.15) is 12.1 Å². The second kappa shape index (κ2) is 23.3. The van der Waals surface area contributed by atoms with Crippen molar-refractivity contribution in [1.29, 1.82) is 0 Å². The number of rotatable bonds is 21. The number of carbonyl (C=O) groups excluding carboxylic acids is 5. The number of hydrogen-bond donors (Lipinski definition) is 3. The summed E-state index contributed by atoms with van der Waals surface area (Å²) in [4.78, 5) is 75.1. The number of benzene rings is 1. The van der Waals surface area contributed by atoms with Crippen molar-refractivity contribution in [2.75, 3.05) is 41.9 Å². The lowest BCUT2D eigenvalue weighted by Gasteiger charge is -2.43. The Kier molecular flexibility index (Phi) is 20.3. The monoisotopic (exact) mass is 815 g/mol. The quantitative estimate of drug-likeness (QED) is 0.162. The predicted molar refractivity (Wildman–Crippen MR) is 230 cm³/mol. The van der Waals surface area contributed by atoms with E-state index in [0.29, 0.717) is 19.4 Å². The van der Waals surface area contributed by atoms with Crippen LogP contribution in [0.1, 0.15) is 107 Å². The smallest absolute Gasteiger partial charge is 0.245 e. The van der Waals surface area contributed by atoms with E-state index in [1.54, 1.807) is 33.1 Å². The number of nitrogens with zero attached hydrogens (tertiary/aromatic N) is 3. The van der Waals surface area contributed by atoms with Crippen LogP contribution in [0.25, 0.3) is 0 Å². The molecule has 1 aliphatic heterocycles. The minimum Gasteiger partial charge on any atom is -0.379 e. The lowest BCUT2D eigenvalue weighted by atomic mass is 9.87. The highest BCUT2D eigenvalue weighted by Gasteiger charge is 2.43. The van der Waals surface area contributed by atoms with Gasteiger partial charge in [0.25, 0.3) is 0 Å². The van der Waals surface area contributed by atoms with E-state index in [9.17, 15) is 24.0 Å². The number of methoxy groups -OCH3 is 2. The van der Waals surface area contributed by atoms with E-state index in [1.165, 1.54) is 0 Å². The molecule has 3 N–H and O–H groups in total. The van der Waals surface area contributed by atoms with Gasteiger partial charge in [-0.3, -0.25) is 28.9 Å². The summed E-state index contributed by atoms with van der Waals surface area (Å²) in [5.41, 5.74) is 0.423. The second-order valence-electron chi connectivity index (χ2n) is 18.3. The second-order valence-corrected chi connectivity index (χ2v) is 18.3. The first-order valence-corrected chi connectivity index (χ1v) is 21.3. The first-order chi connectivity index (χ1) is 27.1. The van der Waals surface area contributed by atoms with E-state index >= 15 is 0 Å². The van der Waals surface area contributed by atoms with Crippen LogP contribution in [0.2, 0.25) is 0 Å². The molecular formula is C45H78N6O7. The van der Waals surface area contributed by atoms with Gasteiger partial charge in [-0.25, -0.2) is 0 Å². The van der Waals surface area contributed by atoms with E-state index in [2.05, 4.69) is 16.0 Å². The fourth-order valence-corrected chi connectivity index (χ4v) is 8.40. The van der Waals surface area contributed by atoms with Crippen LogP contribution >= 0.6 is 0 Å². The van der Waals surface area contributed by atoms with Crippen LogP contribution in [0.3, 0.4) is 0 Å². The third-order valence-corrected chi connectivity index (χ3v) is 11.6. The van der Waals surface area contributed by atoms with Crippen LogP contribution < -0.4 is 16.0 Å². The minimum absolute atomic E-state index is 0.0114. The van der Waals surface area contributed by atoms with Crippen molar-refractivity contribution in [2.45, 2.75) is 156 Å². The summed E-state index contributed by atoms with van der Waals surface area (Å²) in [7, 11) is 8.58. The number of piperidine rings is 1. The molecular weight excluding hydrogens is 737 g/mol. The number of hydrogen-bond acceptors (Lipinski definition) is 8. The summed E-state index contributed by atoms with van der Waals surface area (Å²) < 4.78 is 12.1. The SMILES string of the molecule is CC[C@H](C)[C@@H]([C@@H](CC(=O)N1CCCC[C@H]1[C@H](OC)[C@@H](C)C(=O)N[C@@H](Cc1ccccc1)C(=O)NC(C)(C)C)OC)N(C)C(=O)[C@@H](NC(=O)[C@H](C(C)C)N(C)C)C(C)C. The average Bonchev–Trinajstić information content (AvgIpc) is 3.15. The van der Waals surface area contributed by atoms with Gasteiger partial charge in [0.05, 0.1) is 42.7 Å². The Labute approximate surface area is 350 Å². The number of amides is 5. The van der Waals surface area contributed by atoms with Crippen LogP contribution in [0.4, 0.5) is 0 Å². The molecule has 5 amide bonds. The number of nitrogens with one attached hydrogen (secondary N) is 3. The third-order valence-electron chi connectivity index (χ3n) is 11.6. The molecule has 1 fully saturated rings. The summed E-state index contributed by atoms with van der Waals surface area (Å²) in [6.07, 6.45) is 2.08. The van der Waals surface area contributed by atoms with E-state index in [4.69, 9.17) is 9.47 Å². The van der Waals surface area contributed by atoms with Crippen molar-refractivity contribution < 1.29 is 33.4 Å². The Morgan fingerprint density at radius 2 is 1.47 bits per heavy atom. The molecule has 1 aromatic carbocycles. The molecule has 330 valence electrons. The molecule has 13 nitrogen and oxygen atoms in total. The summed E-state index contributed by atoms with van der Waals surface area (Å²) in [6, 6.07) is 6.72. The maximum absolute atomic E-state index is 14.5. The van der Waals surface area contributed by atoms with Crippen molar-refractivity contribution in [3.8, 4) is 0 Å². The molecule has 0 spiro atoms. The number of likely N-dealkylation sites (N-methyl/N-ethyl adjacent to an activating group) is 2. The van der Waals surface area contributed by atoms with Gasteiger partial charge in [0, 0.05) is 39.8 Å². The zero-order chi connectivity index (χ0) is 44.1. The lowest BCUT2D eigenvalue weighted by Crippen LogP contribution is -2.60. The van der Waals surface area contributed by atoms with Crippen molar-refractivity contribution in [2.24, 2.45) is 23.7 Å². The third kappa shape index (κ3) is 14.3. The Morgan fingerprint density at radius 3 is 1.97 bits per heavy atom. The predicted octanol–water partition coefficient (Wildman–Crippen LogP) is 4.67. The topological polar surface area (TPSA) is 150 Å². The molecule has 13 heteroatoms. The maximum atomic E-state index is 14.5. The fraction of sp³-hybridized carbons (Fsp3) is 0.756. The van der Waals surface area contributed by atoms with E-state index in [0.717, 1.165) is 24.8 Å². The zero-order valence-electron chi connectivity index (χ0n) is 38.4. The molecule has 9 atom stereocenters. The first-order valence-electron chi connectivity index (χ1n) is 21.3. The van der Waals surface area contributed by atoms with Crippen LogP contribution in [-0.2, 0) is 39.9 Å². The van der Waals surface area contributed by atoms with Gasteiger partial charge in [-0.1, -0.05) is 85.2 Å². The molecule has 0 saturated carbocycles. The first kappa shape index (κ1) is 50.6. The highest BCUT2D eigenvalue weighted by Crippen LogP contribution is 2.29. The molecule has 0 unspecified atom stereocenters. The molecule has 1 heterocycles. The lowest BCUT2D eigenvalue weighted by molar-refractivity contribution is -0.151. The highest BCUT2D eigenvalue weighted by atomic mass is 16.5. The van der Waals surface area contributed by atoms with Crippen LogP contribution in [0, 0.1) is 23.7 Å². The van der Waals surface area contributed by atoms with Gasteiger partial charge in [-0.05, 0) is 77.4 Å². The van der Waals surface area contributed by atoms with Crippen molar-refractivity contribution >= 4 is 29.5 Å². The van der Waals surface area contributed by atoms with Crippen molar-refractivity contribution in [3.05, 3.63) is 35.9 Å². The highest BCUT2D eigenvalue weighted by molar-refractivity contribution is 5.91. The average molecular weight is 815 g/mol. The molecule has 0 bridgehead atoms. The van der Waals surface area contributed by atoms with Crippen LogP contribution in [-0.4, -0.2) is 134 Å². The normalized spacial score (nSPS) is 19.1. The Balaban J connectivity index is 2.36. The molecule has 1 aromatic rings. The molecule has 2 rings (SSSR count). The number of likely N-dealkylation sites (tertiary alicyclic amines) is 1. The molecule has 1 aliphatic rings. The summed E-state index contributed by atoms with van der Waals surface area (Å²) in [5, 5.41) is 9.07. The summed E-state index contributed by atoms with van der Waals surface area (Å²) in [5.74, 6) is -2.07. The summed E-state index contributed by atoms with van der Waals surface area (Å²) >= 11 is 0. The van der Waals surface area contributed by atoms with Gasteiger partial charge in [-0.2, -0.15) is 0 Å². The molecule has 0 aromatic heterocycles. The summed E-state index contributed by atoms with van der Waals surface area (Å²) in [6.45, 7) is 19.9. The van der Waals surface area contributed by atoms with Gasteiger partial charge >= 0.3 is 0 Å². The van der Waals surface area contributed by atoms with Crippen molar-refractivity contribution in [3.63, 3.8) is 0 Å². The number of carbonyl (C=O) groups is 5. The Bertz CT molecular complexity index is 1460. The van der Waals surface area contributed by atoms with Crippen LogP contribution in [0.15, 0.2) is 30.3 Å². The van der Waals surface area contributed by atoms with Gasteiger partial charge in [-0.15, -0.1) is 0 Å². The molecule has 58 heavy (non-hydrogen) atoms. The zero-order valence-corrected chi connectivity index (χ0v) is 38.4. The van der Waals surface area contributed by atoms with E-state index in [1.807, 2.05) is 117 Å². The van der Waals surface area contributed by atoms with E-state index < -0.39 is 53.9 Å². The largest absolute Gasteiger partial charge is 0.379 e. The van der Waals surface area contributed by atoms with Crippen molar-refractivity contribution in [1.82, 2.24) is 30.7 Å². The standard InChI is InChI=1S/C45H78N6O7/c1-16-30(6)39(50(13)44(56)37(28(2)3)47-43(55)38(29(4)5)49(11)12)35(57-14)27-36(52)51-25-21-20-24-34(51)40(58-15)31(7)41(53)46-33(42(54)48-45(8,9)10)26-32-22-18-17-19-23-32/h17-19,22-23,28-31,33-35,37-40H,16,20-21,24-27H2,1-15H3,(H,46,53)(H,47,55)(H,48,54)/t30-,31+,33-,34-,35+,37-,38-,39-,40+/m0/s1. The van der Waals surface area contributed by atoms with Gasteiger partial charge < -0.3 is 35.2 Å². The van der Waals surface area contributed by atoms with Gasteiger partial charge in [0.2, 0.25) is 29.5 Å². The molecule has 1 saturated heterocycles. The Morgan fingerprint density at radius 1 is 0.845 bits per heavy atom. The molecule has 0 radical (unpaired) electrons. The molecule has 0 aliphatic carbocycles. The maximum Gasteiger partial charge on any atom is 0.245 e. The van der Waals surface area contributed by atoms with Gasteiger partial charge in [0.15, 0.2) is 0 Å². The number of ether oxygens (including phenoxy) is 2. The minimum atomic E-state index is -0.814. The Hall–Kier alpha value is -3.55. The van der Waals surface area contributed by atoms with Crippen LogP contribution in [0.5, 0.6) is 0 Å². The van der Waals surface area contributed by atoms with E-state index in [-0.39, 0.29) is 53.7 Å². The fourth-order valence-electron chi connectivity index (χ4n) is 8.40.